The molecule has 3 rings (SSSR count). The van der Waals surface area contributed by atoms with E-state index in [-0.39, 0.29) is 23.6 Å². The summed E-state index contributed by atoms with van der Waals surface area (Å²) in [5.74, 6) is 1.03. The molecule has 2 aliphatic rings. The highest BCUT2D eigenvalue weighted by Crippen LogP contribution is 2.46. The number of para-hydroxylation sites is 1. The third kappa shape index (κ3) is 3.27. The van der Waals surface area contributed by atoms with Gasteiger partial charge in [0.05, 0.1) is 6.04 Å². The van der Waals surface area contributed by atoms with Crippen molar-refractivity contribution in [3.05, 3.63) is 29.8 Å². The predicted molar refractivity (Wildman–Crippen MR) is 86.7 cm³/mol. The van der Waals surface area contributed by atoms with Crippen molar-refractivity contribution in [1.82, 2.24) is 5.32 Å². The van der Waals surface area contributed by atoms with Gasteiger partial charge < -0.3 is 15.8 Å². The Bertz CT molecular complexity index is 536. The number of rotatable bonds is 4. The Balaban J connectivity index is 1.75. The van der Waals surface area contributed by atoms with Crippen molar-refractivity contribution < 1.29 is 9.53 Å². The Kier molecular flexibility index (Phi) is 4.39. The van der Waals surface area contributed by atoms with E-state index in [9.17, 15) is 4.79 Å². The molecule has 1 aliphatic carbocycles. The fraction of sp³-hybridized carbons (Fsp3) is 0.611. The molecule has 1 amide bonds. The fourth-order valence-electron chi connectivity index (χ4n) is 3.70. The zero-order chi connectivity index (χ0) is 15.6. The highest BCUT2D eigenvalue weighted by Gasteiger charge is 2.43. The lowest BCUT2D eigenvalue weighted by Gasteiger charge is -2.40. The van der Waals surface area contributed by atoms with Gasteiger partial charge in [-0.25, -0.2) is 0 Å². The third-order valence-corrected chi connectivity index (χ3v) is 4.87. The Hall–Kier alpha value is -1.55. The molecule has 2 unspecified atom stereocenters. The van der Waals surface area contributed by atoms with Gasteiger partial charge in [-0.05, 0) is 45.1 Å². The van der Waals surface area contributed by atoms with Crippen molar-refractivity contribution in [2.45, 2.75) is 69.6 Å². The maximum atomic E-state index is 12.2. The number of ether oxygens (including phenoxy) is 1. The van der Waals surface area contributed by atoms with Gasteiger partial charge in [-0.2, -0.15) is 0 Å². The molecule has 4 heteroatoms. The van der Waals surface area contributed by atoms with E-state index in [1.165, 1.54) is 12.8 Å². The Morgan fingerprint density at radius 3 is 2.86 bits per heavy atom. The molecule has 1 aromatic rings. The normalized spacial score (nSPS) is 23.6. The molecule has 4 nitrogen and oxygen atoms in total. The maximum absolute atomic E-state index is 12.2. The third-order valence-electron chi connectivity index (χ3n) is 4.87. The molecule has 0 aromatic heterocycles. The Morgan fingerprint density at radius 2 is 2.14 bits per heavy atom. The number of amides is 1. The summed E-state index contributed by atoms with van der Waals surface area (Å²) in [6, 6.07) is 8.22. The van der Waals surface area contributed by atoms with Crippen LogP contribution in [0.3, 0.4) is 0 Å². The van der Waals surface area contributed by atoms with Gasteiger partial charge in [-0.1, -0.05) is 18.2 Å². The summed E-state index contributed by atoms with van der Waals surface area (Å²) in [7, 11) is 0. The fourth-order valence-corrected chi connectivity index (χ4v) is 3.70. The molecule has 0 bridgehead atoms. The second kappa shape index (κ2) is 6.29. The topological polar surface area (TPSA) is 64.4 Å². The lowest BCUT2D eigenvalue weighted by atomic mass is 9.86. The first-order valence-electron chi connectivity index (χ1n) is 8.41. The maximum Gasteiger partial charge on any atom is 0.220 e. The molecule has 1 aromatic carbocycles. The van der Waals surface area contributed by atoms with Crippen molar-refractivity contribution in [2.24, 2.45) is 5.73 Å². The number of nitrogens with one attached hydrogen (secondary N) is 1. The first-order valence-corrected chi connectivity index (χ1v) is 8.41. The number of hydrogen-bond acceptors (Lipinski definition) is 3. The summed E-state index contributed by atoms with van der Waals surface area (Å²) < 4.78 is 6.32. The second-order valence-corrected chi connectivity index (χ2v) is 6.87. The predicted octanol–water partition coefficient (Wildman–Crippen LogP) is 3.07. The van der Waals surface area contributed by atoms with Gasteiger partial charge in [0.2, 0.25) is 5.91 Å². The van der Waals surface area contributed by atoms with Crippen LogP contribution in [-0.2, 0) is 4.79 Å². The molecular weight excluding hydrogens is 276 g/mol. The Labute approximate surface area is 132 Å². The van der Waals surface area contributed by atoms with Crippen LogP contribution in [0.2, 0.25) is 0 Å². The van der Waals surface area contributed by atoms with Crippen LogP contribution in [0, 0.1) is 0 Å². The molecule has 1 spiro atoms. The first kappa shape index (κ1) is 15.3. The van der Waals surface area contributed by atoms with Crippen LogP contribution in [0.1, 0.15) is 63.5 Å². The number of fused-ring (bicyclic) bond motifs is 1. The first-order chi connectivity index (χ1) is 10.6. The minimum atomic E-state index is -0.0759. The van der Waals surface area contributed by atoms with Crippen molar-refractivity contribution >= 4 is 5.91 Å². The molecule has 2 atom stereocenters. The lowest BCUT2D eigenvalue weighted by molar-refractivity contribution is -0.122. The van der Waals surface area contributed by atoms with Crippen LogP contribution in [0.25, 0.3) is 0 Å². The van der Waals surface area contributed by atoms with Gasteiger partial charge in [-0.3, -0.25) is 4.79 Å². The summed E-state index contributed by atoms with van der Waals surface area (Å²) in [4.78, 5) is 12.2. The molecular formula is C18H26N2O2. The molecule has 0 radical (unpaired) electrons. The highest BCUT2D eigenvalue weighted by molar-refractivity contribution is 5.76. The van der Waals surface area contributed by atoms with E-state index in [4.69, 9.17) is 10.5 Å². The van der Waals surface area contributed by atoms with Gasteiger partial charge in [0.15, 0.2) is 0 Å². The van der Waals surface area contributed by atoms with E-state index in [1.54, 1.807) is 0 Å². The average Bonchev–Trinajstić information content (AvgIpc) is 2.93. The van der Waals surface area contributed by atoms with E-state index in [0.717, 1.165) is 37.0 Å². The van der Waals surface area contributed by atoms with E-state index in [0.29, 0.717) is 6.42 Å². The number of nitrogens with two attached hydrogens (primary N) is 1. The van der Waals surface area contributed by atoms with E-state index in [1.807, 2.05) is 25.1 Å². The SMILES string of the molecule is CC(N)CCC(=O)NC1CC2(CCCC2)Oc2ccccc21. The van der Waals surface area contributed by atoms with Crippen molar-refractivity contribution in [3.63, 3.8) is 0 Å². The van der Waals surface area contributed by atoms with Crippen molar-refractivity contribution in [3.8, 4) is 5.75 Å². The summed E-state index contributed by atoms with van der Waals surface area (Å²) in [6.45, 7) is 1.94. The molecule has 1 aliphatic heterocycles. The van der Waals surface area contributed by atoms with Crippen LogP contribution < -0.4 is 15.8 Å². The molecule has 3 N–H and O–H groups in total. The second-order valence-electron chi connectivity index (χ2n) is 6.87. The largest absolute Gasteiger partial charge is 0.487 e. The number of carbonyl (C=O) groups is 1. The molecule has 1 heterocycles. The minimum Gasteiger partial charge on any atom is -0.487 e. The summed E-state index contributed by atoms with van der Waals surface area (Å²) in [5.41, 5.74) is 6.77. The zero-order valence-electron chi connectivity index (χ0n) is 13.3. The van der Waals surface area contributed by atoms with E-state index < -0.39 is 0 Å². The van der Waals surface area contributed by atoms with Gasteiger partial charge in [0.25, 0.3) is 0 Å². The van der Waals surface area contributed by atoms with E-state index >= 15 is 0 Å². The average molecular weight is 302 g/mol. The summed E-state index contributed by atoms with van der Waals surface area (Å²) >= 11 is 0. The number of carbonyl (C=O) groups excluding carboxylic acids is 1. The van der Waals surface area contributed by atoms with E-state index in [2.05, 4.69) is 11.4 Å². The van der Waals surface area contributed by atoms with Gasteiger partial charge in [0, 0.05) is 24.4 Å². The minimum absolute atomic E-state index is 0.0589. The van der Waals surface area contributed by atoms with Crippen LogP contribution in [-0.4, -0.2) is 17.6 Å². The molecule has 120 valence electrons. The van der Waals surface area contributed by atoms with Gasteiger partial charge in [-0.15, -0.1) is 0 Å². The van der Waals surface area contributed by atoms with Crippen LogP contribution in [0.15, 0.2) is 24.3 Å². The van der Waals surface area contributed by atoms with Crippen LogP contribution in [0.5, 0.6) is 5.75 Å². The molecule has 22 heavy (non-hydrogen) atoms. The lowest BCUT2D eigenvalue weighted by Crippen LogP contribution is -2.43. The zero-order valence-corrected chi connectivity index (χ0v) is 13.3. The monoisotopic (exact) mass is 302 g/mol. The Morgan fingerprint density at radius 1 is 1.41 bits per heavy atom. The van der Waals surface area contributed by atoms with Gasteiger partial charge in [0.1, 0.15) is 11.4 Å². The van der Waals surface area contributed by atoms with Crippen molar-refractivity contribution in [2.75, 3.05) is 0 Å². The molecule has 1 fully saturated rings. The summed E-state index contributed by atoms with van der Waals surface area (Å²) in [6.07, 6.45) is 6.71. The standard InChI is InChI=1S/C18H26N2O2/c1-13(19)8-9-17(21)20-15-12-18(10-4-5-11-18)22-16-7-3-2-6-14(15)16/h2-3,6-7,13,15H,4-5,8-12,19H2,1H3,(H,20,21). The van der Waals surface area contributed by atoms with Crippen molar-refractivity contribution in [1.29, 1.82) is 0 Å². The molecule has 1 saturated carbocycles. The number of hydrogen-bond donors (Lipinski definition) is 2. The molecule has 0 saturated heterocycles. The van der Waals surface area contributed by atoms with Crippen LogP contribution in [0.4, 0.5) is 0 Å². The van der Waals surface area contributed by atoms with Crippen LogP contribution >= 0.6 is 0 Å². The quantitative estimate of drug-likeness (QED) is 0.898. The number of benzene rings is 1. The highest BCUT2D eigenvalue weighted by atomic mass is 16.5. The smallest absolute Gasteiger partial charge is 0.220 e. The van der Waals surface area contributed by atoms with Gasteiger partial charge >= 0.3 is 0 Å². The summed E-state index contributed by atoms with van der Waals surface area (Å²) in [5, 5.41) is 3.21.